The minimum absolute atomic E-state index is 0.640. The van der Waals surface area contributed by atoms with Crippen LogP contribution in [0.5, 0.6) is 0 Å². The fraction of sp³-hybridized carbons (Fsp3) is 0.615. The Bertz CT molecular complexity index is 500. The van der Waals surface area contributed by atoms with Gasteiger partial charge in [-0.25, -0.2) is 4.98 Å². The molecular weight excluding hydrogens is 244 g/mol. The molecule has 0 aliphatic heterocycles. The molecule has 0 saturated heterocycles. The quantitative estimate of drug-likeness (QED) is 0.872. The third-order valence-corrected chi connectivity index (χ3v) is 3.64. The lowest BCUT2D eigenvalue weighted by Gasteiger charge is -2.20. The molecule has 0 amide bonds. The molecule has 2 rings (SSSR count). The van der Waals surface area contributed by atoms with Crippen LogP contribution in [0.15, 0.2) is 11.6 Å². The third-order valence-electron chi connectivity index (χ3n) is 2.88. The molecule has 0 radical (unpaired) electrons. The number of hydrogen-bond acceptors (Lipinski definition) is 4. The highest BCUT2D eigenvalue weighted by atomic mass is 32.1. The molecule has 0 bridgehead atoms. The van der Waals surface area contributed by atoms with Gasteiger partial charge in [0.2, 0.25) is 0 Å². The predicted molar refractivity (Wildman–Crippen MR) is 78.6 cm³/mol. The van der Waals surface area contributed by atoms with Gasteiger partial charge in [-0.1, -0.05) is 20.8 Å². The van der Waals surface area contributed by atoms with E-state index in [4.69, 9.17) is 4.98 Å². The summed E-state index contributed by atoms with van der Waals surface area (Å²) in [7, 11) is 2.13. The highest BCUT2D eigenvalue weighted by Gasteiger charge is 2.16. The number of fused-ring (bicyclic) bond motifs is 1. The van der Waals surface area contributed by atoms with Crippen molar-refractivity contribution in [2.24, 2.45) is 5.92 Å². The van der Waals surface area contributed by atoms with Crippen LogP contribution in [0.25, 0.3) is 4.96 Å². The van der Waals surface area contributed by atoms with Crippen LogP contribution < -0.4 is 10.2 Å². The summed E-state index contributed by atoms with van der Waals surface area (Å²) in [4.78, 5) is 8.08. The van der Waals surface area contributed by atoms with Crippen LogP contribution in [-0.2, 0) is 6.54 Å². The number of rotatable bonds is 6. The van der Waals surface area contributed by atoms with Crippen LogP contribution in [0, 0.1) is 5.92 Å². The van der Waals surface area contributed by atoms with Crippen molar-refractivity contribution in [3.05, 3.63) is 17.3 Å². The van der Waals surface area contributed by atoms with Gasteiger partial charge in [0.15, 0.2) is 10.8 Å². The first-order valence-corrected chi connectivity index (χ1v) is 7.37. The Hall–Kier alpha value is -1.07. The third kappa shape index (κ3) is 2.67. The van der Waals surface area contributed by atoms with Crippen LogP contribution in [0.4, 0.5) is 5.82 Å². The number of thiazole rings is 1. The van der Waals surface area contributed by atoms with E-state index in [1.807, 2.05) is 0 Å². The Labute approximate surface area is 113 Å². The second-order valence-corrected chi connectivity index (χ2v) is 5.87. The molecule has 0 aliphatic carbocycles. The molecule has 0 spiro atoms. The van der Waals surface area contributed by atoms with Crippen LogP contribution in [0.1, 0.15) is 26.5 Å². The van der Waals surface area contributed by atoms with Crippen molar-refractivity contribution in [1.29, 1.82) is 0 Å². The predicted octanol–water partition coefficient (Wildman–Crippen LogP) is 2.60. The highest BCUT2D eigenvalue weighted by molar-refractivity contribution is 7.15. The van der Waals surface area contributed by atoms with E-state index >= 15 is 0 Å². The van der Waals surface area contributed by atoms with Gasteiger partial charge in [0.05, 0.1) is 5.69 Å². The molecule has 0 aromatic carbocycles. The van der Waals surface area contributed by atoms with E-state index in [-0.39, 0.29) is 0 Å². The summed E-state index contributed by atoms with van der Waals surface area (Å²) in [5.41, 5.74) is 1.26. The molecule has 2 aromatic heterocycles. The van der Waals surface area contributed by atoms with Crippen molar-refractivity contribution < 1.29 is 0 Å². The molecule has 1 N–H and O–H groups in total. The van der Waals surface area contributed by atoms with Gasteiger partial charge in [0.1, 0.15) is 0 Å². The zero-order chi connectivity index (χ0) is 13.1. The summed E-state index contributed by atoms with van der Waals surface area (Å²) in [6.07, 6.45) is 2.10. The molecule has 4 nitrogen and oxygen atoms in total. The fourth-order valence-electron chi connectivity index (χ4n) is 2.17. The summed E-state index contributed by atoms with van der Waals surface area (Å²) in [6.45, 7) is 9.47. The second-order valence-electron chi connectivity index (χ2n) is 4.99. The summed E-state index contributed by atoms with van der Waals surface area (Å²) in [5, 5.41) is 5.49. The van der Waals surface area contributed by atoms with Gasteiger partial charge in [-0.2, -0.15) is 0 Å². The molecule has 0 aliphatic rings. The van der Waals surface area contributed by atoms with Gasteiger partial charge < -0.3 is 10.2 Å². The van der Waals surface area contributed by atoms with Crippen molar-refractivity contribution >= 4 is 22.1 Å². The van der Waals surface area contributed by atoms with E-state index in [2.05, 4.69) is 54.0 Å². The molecular formula is C13H22N4S. The van der Waals surface area contributed by atoms with Gasteiger partial charge in [-0.15, -0.1) is 11.3 Å². The molecule has 0 unspecified atom stereocenters. The van der Waals surface area contributed by atoms with E-state index < -0.39 is 0 Å². The summed E-state index contributed by atoms with van der Waals surface area (Å²) in [6, 6.07) is 0. The monoisotopic (exact) mass is 266 g/mol. The number of nitrogens with zero attached hydrogens (tertiary/aromatic N) is 3. The SMILES string of the molecule is CCNCc1c(N(C)CC(C)C)nc2sccn12. The normalized spacial score (nSPS) is 11.6. The first kappa shape index (κ1) is 13.4. The molecule has 0 saturated carbocycles. The maximum atomic E-state index is 4.75. The largest absolute Gasteiger partial charge is 0.358 e. The average Bonchev–Trinajstić information content (AvgIpc) is 2.85. The van der Waals surface area contributed by atoms with E-state index in [1.165, 1.54) is 5.69 Å². The van der Waals surface area contributed by atoms with E-state index in [9.17, 15) is 0 Å². The maximum absolute atomic E-state index is 4.75. The van der Waals surface area contributed by atoms with Crippen molar-refractivity contribution in [3.8, 4) is 0 Å². The topological polar surface area (TPSA) is 32.6 Å². The lowest BCUT2D eigenvalue weighted by molar-refractivity contribution is 0.630. The molecule has 2 heterocycles. The molecule has 0 atom stereocenters. The molecule has 0 fully saturated rings. The number of anilines is 1. The summed E-state index contributed by atoms with van der Waals surface area (Å²) in [5.74, 6) is 1.75. The first-order chi connectivity index (χ1) is 8.63. The minimum atomic E-state index is 0.640. The zero-order valence-corrected chi connectivity index (χ0v) is 12.4. The van der Waals surface area contributed by atoms with Crippen molar-refractivity contribution in [1.82, 2.24) is 14.7 Å². The van der Waals surface area contributed by atoms with Gasteiger partial charge in [-0.3, -0.25) is 4.40 Å². The standard InChI is InChI=1S/C13H22N4S/c1-5-14-8-11-12(16(4)9-10(2)3)15-13-17(11)6-7-18-13/h6-7,10,14H,5,8-9H2,1-4H3. The van der Waals surface area contributed by atoms with Gasteiger partial charge in [-0.05, 0) is 12.5 Å². The highest BCUT2D eigenvalue weighted by Crippen LogP contribution is 2.24. The zero-order valence-electron chi connectivity index (χ0n) is 11.6. The van der Waals surface area contributed by atoms with Gasteiger partial charge >= 0.3 is 0 Å². The minimum Gasteiger partial charge on any atom is -0.358 e. The Morgan fingerprint density at radius 1 is 1.50 bits per heavy atom. The maximum Gasteiger partial charge on any atom is 0.195 e. The van der Waals surface area contributed by atoms with Gasteiger partial charge in [0.25, 0.3) is 0 Å². The first-order valence-electron chi connectivity index (χ1n) is 6.49. The number of aromatic nitrogens is 2. The van der Waals surface area contributed by atoms with Crippen molar-refractivity contribution in [2.75, 3.05) is 25.0 Å². The summed E-state index contributed by atoms with van der Waals surface area (Å²) >= 11 is 1.69. The molecule has 2 aromatic rings. The number of hydrogen-bond donors (Lipinski definition) is 1. The second kappa shape index (κ2) is 5.71. The average molecular weight is 266 g/mol. The molecule has 18 heavy (non-hydrogen) atoms. The Kier molecular flexibility index (Phi) is 4.24. The summed E-state index contributed by atoms with van der Waals surface area (Å²) < 4.78 is 2.19. The lowest BCUT2D eigenvalue weighted by atomic mass is 10.2. The van der Waals surface area contributed by atoms with Crippen LogP contribution >= 0.6 is 11.3 Å². The van der Waals surface area contributed by atoms with Crippen molar-refractivity contribution in [3.63, 3.8) is 0 Å². The Balaban J connectivity index is 2.32. The van der Waals surface area contributed by atoms with Gasteiger partial charge in [0, 0.05) is 31.7 Å². The number of imidazole rings is 1. The van der Waals surface area contributed by atoms with Crippen molar-refractivity contribution in [2.45, 2.75) is 27.3 Å². The van der Waals surface area contributed by atoms with Crippen LogP contribution in [-0.4, -0.2) is 29.5 Å². The molecule has 5 heteroatoms. The van der Waals surface area contributed by atoms with Crippen LogP contribution in [0.2, 0.25) is 0 Å². The Morgan fingerprint density at radius 3 is 2.94 bits per heavy atom. The smallest absolute Gasteiger partial charge is 0.195 e. The van der Waals surface area contributed by atoms with E-state index in [0.29, 0.717) is 5.92 Å². The van der Waals surface area contributed by atoms with E-state index in [1.54, 1.807) is 11.3 Å². The van der Waals surface area contributed by atoms with E-state index in [0.717, 1.165) is 30.4 Å². The lowest BCUT2D eigenvalue weighted by Crippen LogP contribution is -2.25. The molecule has 100 valence electrons. The van der Waals surface area contributed by atoms with Crippen LogP contribution in [0.3, 0.4) is 0 Å². The Morgan fingerprint density at radius 2 is 2.28 bits per heavy atom. The fourth-order valence-corrected chi connectivity index (χ4v) is 2.90. The number of nitrogens with one attached hydrogen (secondary N) is 1.